The smallest absolute Gasteiger partial charge is 0.247 e. The highest BCUT2D eigenvalue weighted by Crippen LogP contribution is 2.22. The van der Waals surface area contributed by atoms with Crippen LogP contribution in [0.25, 0.3) is 0 Å². The van der Waals surface area contributed by atoms with Crippen LogP contribution in [0.15, 0.2) is 12.4 Å². The predicted octanol–water partition coefficient (Wildman–Crippen LogP) is -0.441. The van der Waals surface area contributed by atoms with E-state index in [0.717, 1.165) is 0 Å². The maximum atomic E-state index is 10.8. The molecule has 0 saturated heterocycles. The number of nitrogens with zero attached hydrogens (tertiary/aromatic N) is 2. The highest BCUT2D eigenvalue weighted by Gasteiger charge is 2.23. The van der Waals surface area contributed by atoms with Gasteiger partial charge in [0.15, 0.2) is 11.6 Å². The van der Waals surface area contributed by atoms with Crippen LogP contribution in [0.2, 0.25) is 0 Å². The molecule has 1 aliphatic heterocycles. The van der Waals surface area contributed by atoms with Gasteiger partial charge in [-0.2, -0.15) is 8.42 Å². The van der Waals surface area contributed by atoms with E-state index < -0.39 is 10.2 Å². The van der Waals surface area contributed by atoms with Crippen molar-refractivity contribution in [3.05, 3.63) is 12.4 Å². The van der Waals surface area contributed by atoms with Crippen LogP contribution < -0.4 is 9.44 Å². The first-order valence-electron chi connectivity index (χ1n) is 2.79. The summed E-state index contributed by atoms with van der Waals surface area (Å²) in [7, 11) is -3.43. The minimum Gasteiger partial charge on any atom is -0.247 e. The zero-order valence-electron chi connectivity index (χ0n) is 5.27. The summed E-state index contributed by atoms with van der Waals surface area (Å²) < 4.78 is 25.9. The molecule has 0 unspecified atom stereocenters. The normalized spacial score (nSPS) is 18.2. The largest absolute Gasteiger partial charge is 0.324 e. The third kappa shape index (κ3) is 0.984. The van der Waals surface area contributed by atoms with E-state index in [9.17, 15) is 8.42 Å². The first-order valence-corrected chi connectivity index (χ1v) is 4.27. The Morgan fingerprint density at radius 3 is 2.00 bits per heavy atom. The van der Waals surface area contributed by atoms with Crippen LogP contribution in [0, 0.1) is 0 Å². The van der Waals surface area contributed by atoms with E-state index in [4.69, 9.17) is 0 Å². The van der Waals surface area contributed by atoms with E-state index in [2.05, 4.69) is 19.4 Å². The summed E-state index contributed by atoms with van der Waals surface area (Å²) in [6.45, 7) is 0. The van der Waals surface area contributed by atoms with Crippen molar-refractivity contribution in [1.82, 2.24) is 9.97 Å². The van der Waals surface area contributed by atoms with E-state index in [1.807, 2.05) is 0 Å². The number of rotatable bonds is 0. The van der Waals surface area contributed by atoms with E-state index in [0.29, 0.717) is 0 Å². The number of aromatic nitrogens is 2. The maximum absolute atomic E-state index is 10.8. The molecule has 0 bridgehead atoms. The Balaban J connectivity index is 2.57. The van der Waals surface area contributed by atoms with Gasteiger partial charge >= 0.3 is 10.2 Å². The molecule has 11 heavy (non-hydrogen) atoms. The van der Waals surface area contributed by atoms with Gasteiger partial charge in [-0.25, -0.2) is 19.4 Å². The van der Waals surface area contributed by atoms with Crippen molar-refractivity contribution in [2.24, 2.45) is 0 Å². The Kier molecular flexibility index (Phi) is 1.05. The molecule has 2 rings (SSSR count). The molecule has 0 saturated carbocycles. The second-order valence-corrected chi connectivity index (χ2v) is 3.38. The van der Waals surface area contributed by atoms with Crippen LogP contribution in [0.1, 0.15) is 0 Å². The van der Waals surface area contributed by atoms with Crippen LogP contribution >= 0.6 is 0 Å². The van der Waals surface area contributed by atoms with Crippen molar-refractivity contribution in [3.63, 3.8) is 0 Å². The molecule has 0 amide bonds. The second-order valence-electron chi connectivity index (χ2n) is 1.96. The van der Waals surface area contributed by atoms with Crippen LogP contribution in [0.3, 0.4) is 0 Å². The fraction of sp³-hybridized carbons (Fsp3) is 0. The van der Waals surface area contributed by atoms with Gasteiger partial charge in [-0.1, -0.05) is 0 Å². The van der Waals surface area contributed by atoms with E-state index in [1.54, 1.807) is 0 Å². The van der Waals surface area contributed by atoms with Crippen molar-refractivity contribution in [2.45, 2.75) is 0 Å². The number of hydrogen-bond acceptors (Lipinski definition) is 4. The Bertz CT molecular complexity index is 356. The maximum Gasteiger partial charge on any atom is 0.324 e. The molecule has 1 aromatic heterocycles. The van der Waals surface area contributed by atoms with Crippen molar-refractivity contribution >= 4 is 21.8 Å². The highest BCUT2D eigenvalue weighted by atomic mass is 32.2. The SMILES string of the molecule is O=S1(=O)Nc2nccnc2N1. The zero-order chi connectivity index (χ0) is 7.90. The van der Waals surface area contributed by atoms with Crippen molar-refractivity contribution in [3.8, 4) is 0 Å². The molecule has 0 atom stereocenters. The highest BCUT2D eigenvalue weighted by molar-refractivity contribution is 7.94. The predicted molar refractivity (Wildman–Crippen MR) is 38.2 cm³/mol. The van der Waals surface area contributed by atoms with Gasteiger partial charge in [0, 0.05) is 12.4 Å². The van der Waals surface area contributed by atoms with Gasteiger partial charge in [0.25, 0.3) is 0 Å². The van der Waals surface area contributed by atoms with Gasteiger partial charge in [0.1, 0.15) is 0 Å². The average molecular weight is 172 g/mol. The number of hydrogen-bond donors (Lipinski definition) is 2. The number of nitrogens with one attached hydrogen (secondary N) is 2. The summed E-state index contributed by atoms with van der Waals surface area (Å²) in [5.41, 5.74) is 0. The molecule has 58 valence electrons. The molecule has 1 aromatic rings. The molecule has 0 fully saturated rings. The van der Waals surface area contributed by atoms with Gasteiger partial charge in [-0.3, -0.25) is 0 Å². The molecule has 7 heteroatoms. The number of anilines is 2. The molecular formula is C4H4N4O2S. The van der Waals surface area contributed by atoms with Crippen molar-refractivity contribution in [1.29, 1.82) is 0 Å². The van der Waals surface area contributed by atoms with E-state index in [-0.39, 0.29) is 11.6 Å². The van der Waals surface area contributed by atoms with Crippen LogP contribution in [-0.2, 0) is 10.2 Å². The van der Waals surface area contributed by atoms with Crippen LogP contribution in [0.4, 0.5) is 11.6 Å². The zero-order valence-corrected chi connectivity index (χ0v) is 6.09. The van der Waals surface area contributed by atoms with Crippen molar-refractivity contribution < 1.29 is 8.42 Å². The van der Waals surface area contributed by atoms with E-state index in [1.165, 1.54) is 12.4 Å². The average Bonchev–Trinajstić information content (AvgIpc) is 2.21. The lowest BCUT2D eigenvalue weighted by Crippen LogP contribution is -2.13. The Morgan fingerprint density at radius 1 is 1.09 bits per heavy atom. The molecule has 1 aliphatic rings. The lowest BCUT2D eigenvalue weighted by atomic mass is 10.6. The first-order chi connectivity index (χ1) is 5.17. The van der Waals surface area contributed by atoms with Crippen LogP contribution in [-0.4, -0.2) is 18.4 Å². The van der Waals surface area contributed by atoms with Crippen LogP contribution in [0.5, 0.6) is 0 Å². The van der Waals surface area contributed by atoms with Gasteiger partial charge in [0.05, 0.1) is 0 Å². The molecule has 0 aromatic carbocycles. The minimum absolute atomic E-state index is 0.243. The minimum atomic E-state index is -3.43. The molecule has 2 heterocycles. The van der Waals surface area contributed by atoms with Gasteiger partial charge in [-0.05, 0) is 0 Å². The molecular weight excluding hydrogens is 168 g/mol. The van der Waals surface area contributed by atoms with E-state index >= 15 is 0 Å². The van der Waals surface area contributed by atoms with Gasteiger partial charge in [0.2, 0.25) is 0 Å². The second kappa shape index (κ2) is 1.82. The van der Waals surface area contributed by atoms with Gasteiger partial charge < -0.3 is 0 Å². The van der Waals surface area contributed by atoms with Crippen molar-refractivity contribution in [2.75, 3.05) is 9.44 Å². The quantitative estimate of drug-likeness (QED) is 0.555. The third-order valence-corrected chi connectivity index (χ3v) is 2.08. The summed E-state index contributed by atoms with van der Waals surface area (Å²) >= 11 is 0. The topological polar surface area (TPSA) is 84.0 Å². The van der Waals surface area contributed by atoms with Gasteiger partial charge in [-0.15, -0.1) is 0 Å². The fourth-order valence-corrected chi connectivity index (χ4v) is 1.63. The Morgan fingerprint density at radius 2 is 1.55 bits per heavy atom. The summed E-state index contributed by atoms with van der Waals surface area (Å²) in [5.74, 6) is 0.486. The standard InChI is InChI=1S/C4H4N4O2S/c9-11(10)7-3-4(8-11)6-2-1-5-3/h1-2H,(H,5,7)(H,6,8). The molecule has 0 spiro atoms. The number of fused-ring (bicyclic) bond motifs is 1. The summed E-state index contributed by atoms with van der Waals surface area (Å²) in [6, 6.07) is 0. The Labute approximate surface area is 62.9 Å². The lowest BCUT2D eigenvalue weighted by Gasteiger charge is -1.89. The summed E-state index contributed by atoms with van der Waals surface area (Å²) in [6.07, 6.45) is 2.82. The molecule has 0 radical (unpaired) electrons. The lowest BCUT2D eigenvalue weighted by molar-refractivity contribution is 0.607. The molecule has 2 N–H and O–H groups in total. The molecule has 0 aliphatic carbocycles. The summed E-state index contributed by atoms with van der Waals surface area (Å²) in [4.78, 5) is 7.48. The molecule has 6 nitrogen and oxygen atoms in total. The fourth-order valence-electron chi connectivity index (χ4n) is 0.767. The Hall–Kier alpha value is -1.37. The third-order valence-electron chi connectivity index (χ3n) is 1.16. The summed E-state index contributed by atoms with van der Waals surface area (Å²) in [5, 5.41) is 0. The monoisotopic (exact) mass is 172 g/mol. The first kappa shape index (κ1) is 6.35.